The highest BCUT2D eigenvalue weighted by Gasteiger charge is 2.37. The summed E-state index contributed by atoms with van der Waals surface area (Å²) in [7, 11) is 0. The van der Waals surface area contributed by atoms with Gasteiger partial charge in [-0.05, 0) is 55.9 Å². The Morgan fingerprint density at radius 3 is 2.09 bits per heavy atom. The number of hydrogen-bond donors (Lipinski definition) is 0. The highest BCUT2D eigenvalue weighted by molar-refractivity contribution is 6.34. The van der Waals surface area contributed by atoms with E-state index in [0.717, 1.165) is 66.1 Å². The minimum Gasteiger partial charge on any atom is -0.461 e. The summed E-state index contributed by atoms with van der Waals surface area (Å²) in [6.45, 7) is 2.10. The fraction of sp³-hybridized carbons (Fsp3) is 0.522. The van der Waals surface area contributed by atoms with Crippen molar-refractivity contribution in [1.29, 1.82) is 0 Å². The molecule has 4 aliphatic rings. The van der Waals surface area contributed by atoms with Crippen LogP contribution >= 0.6 is 34.8 Å². The maximum absolute atomic E-state index is 11.7. The molecule has 0 aromatic carbocycles. The Morgan fingerprint density at radius 1 is 0.938 bits per heavy atom. The molecule has 2 saturated heterocycles. The number of carbonyl (C=O) groups is 1. The van der Waals surface area contributed by atoms with Crippen molar-refractivity contribution >= 4 is 40.8 Å². The Hall–Kier alpha value is -1.44. The maximum Gasteiger partial charge on any atom is 0.356 e. The summed E-state index contributed by atoms with van der Waals surface area (Å²) in [5.74, 6) is -0.428. The van der Waals surface area contributed by atoms with Gasteiger partial charge in [0.25, 0.3) is 0 Å². The summed E-state index contributed by atoms with van der Waals surface area (Å²) in [6, 6.07) is 3.32. The quantitative estimate of drug-likeness (QED) is 0.383. The van der Waals surface area contributed by atoms with Crippen LogP contribution < -0.4 is 0 Å². The van der Waals surface area contributed by atoms with Crippen LogP contribution in [-0.4, -0.2) is 34.8 Å². The first kappa shape index (κ1) is 22.4. The van der Waals surface area contributed by atoms with Crippen LogP contribution in [0.25, 0.3) is 0 Å². The third-order valence-corrected chi connectivity index (χ3v) is 7.21. The molecule has 6 nitrogen and oxygen atoms in total. The average Bonchev–Trinajstić information content (AvgIpc) is 3.34. The number of rotatable bonds is 2. The van der Waals surface area contributed by atoms with Gasteiger partial charge < -0.3 is 14.2 Å². The molecule has 0 N–H and O–H groups in total. The largest absolute Gasteiger partial charge is 0.461 e. The van der Waals surface area contributed by atoms with Crippen LogP contribution in [0.5, 0.6) is 0 Å². The molecule has 0 radical (unpaired) electrons. The van der Waals surface area contributed by atoms with Gasteiger partial charge in [-0.25, -0.2) is 14.8 Å². The molecular weight excluding hydrogens is 475 g/mol. The summed E-state index contributed by atoms with van der Waals surface area (Å²) < 4.78 is 16.5. The van der Waals surface area contributed by atoms with Crippen LogP contribution in [0.15, 0.2) is 12.1 Å². The normalized spacial score (nSPS) is 26.6. The van der Waals surface area contributed by atoms with E-state index in [1.54, 1.807) is 19.1 Å². The Kier molecular flexibility index (Phi) is 6.34. The lowest BCUT2D eigenvalue weighted by molar-refractivity contribution is 0.0289. The molecule has 6 rings (SSSR count). The summed E-state index contributed by atoms with van der Waals surface area (Å²) >= 11 is 18.2. The maximum atomic E-state index is 11.7. The van der Waals surface area contributed by atoms with E-state index < -0.39 is 5.97 Å². The van der Waals surface area contributed by atoms with Crippen molar-refractivity contribution in [3.8, 4) is 0 Å². The van der Waals surface area contributed by atoms with Gasteiger partial charge in [-0.15, -0.1) is 0 Å². The molecule has 170 valence electrons. The molecule has 32 heavy (non-hydrogen) atoms. The molecule has 2 fully saturated rings. The Balaban J connectivity index is 0.000000139. The summed E-state index contributed by atoms with van der Waals surface area (Å²) in [5, 5.41) is 1.80. The Labute approximate surface area is 201 Å². The minimum atomic E-state index is -0.428. The second-order valence-corrected chi connectivity index (χ2v) is 9.62. The molecule has 6 heterocycles. The molecule has 4 atom stereocenters. The Morgan fingerprint density at radius 2 is 1.50 bits per heavy atom. The number of esters is 1. The molecule has 0 saturated carbocycles. The van der Waals surface area contributed by atoms with E-state index in [1.807, 2.05) is 0 Å². The van der Waals surface area contributed by atoms with E-state index in [4.69, 9.17) is 49.0 Å². The van der Waals surface area contributed by atoms with Gasteiger partial charge in [0.1, 0.15) is 23.1 Å². The van der Waals surface area contributed by atoms with Gasteiger partial charge in [-0.3, -0.25) is 0 Å². The predicted octanol–water partition coefficient (Wildman–Crippen LogP) is 5.85. The van der Waals surface area contributed by atoms with Crippen molar-refractivity contribution in [3.63, 3.8) is 0 Å². The van der Waals surface area contributed by atoms with Crippen LogP contribution in [0.3, 0.4) is 0 Å². The van der Waals surface area contributed by atoms with Gasteiger partial charge in [0, 0.05) is 22.9 Å². The molecule has 4 bridgehead atoms. The van der Waals surface area contributed by atoms with Crippen LogP contribution in [0.1, 0.15) is 77.8 Å². The van der Waals surface area contributed by atoms with E-state index in [9.17, 15) is 4.79 Å². The highest BCUT2D eigenvalue weighted by atomic mass is 35.5. The topological polar surface area (TPSA) is 70.5 Å². The summed E-state index contributed by atoms with van der Waals surface area (Å²) in [6.07, 6.45) is 6.53. The first-order chi connectivity index (χ1) is 15.4. The third kappa shape index (κ3) is 4.24. The van der Waals surface area contributed by atoms with E-state index in [0.29, 0.717) is 22.9 Å². The number of nitrogens with zero attached hydrogens (tertiary/aromatic N) is 2. The van der Waals surface area contributed by atoms with Gasteiger partial charge >= 0.3 is 5.97 Å². The van der Waals surface area contributed by atoms with Gasteiger partial charge in [-0.2, -0.15) is 0 Å². The molecular formula is C23H23Cl3N2O4. The van der Waals surface area contributed by atoms with Crippen molar-refractivity contribution in [1.82, 2.24) is 9.97 Å². The zero-order valence-electron chi connectivity index (χ0n) is 17.6. The van der Waals surface area contributed by atoms with Gasteiger partial charge in [0.2, 0.25) is 0 Å². The second-order valence-electron chi connectivity index (χ2n) is 8.42. The molecule has 0 aliphatic carbocycles. The number of halogens is 3. The van der Waals surface area contributed by atoms with Crippen LogP contribution in [-0.2, 0) is 27.1 Å². The van der Waals surface area contributed by atoms with E-state index >= 15 is 0 Å². The van der Waals surface area contributed by atoms with Crippen molar-refractivity contribution in [2.24, 2.45) is 0 Å². The SMILES string of the molecule is CCOC(=O)c1cc(Cl)c2c(n1)C1CCC(C2)O1.Clc1cc(Cl)c2c(n1)C1CCC(C2)O1. The van der Waals surface area contributed by atoms with Crippen molar-refractivity contribution < 1.29 is 19.0 Å². The zero-order valence-corrected chi connectivity index (χ0v) is 19.8. The molecule has 4 unspecified atom stereocenters. The third-order valence-electron chi connectivity index (χ3n) is 6.35. The smallest absolute Gasteiger partial charge is 0.356 e. The molecule has 4 aliphatic heterocycles. The van der Waals surface area contributed by atoms with Crippen LogP contribution in [0, 0.1) is 0 Å². The molecule has 9 heteroatoms. The number of pyridine rings is 2. The molecule has 0 amide bonds. The lowest BCUT2D eigenvalue weighted by Gasteiger charge is -2.24. The van der Waals surface area contributed by atoms with Crippen LogP contribution in [0.2, 0.25) is 15.2 Å². The average molecular weight is 498 g/mol. The van der Waals surface area contributed by atoms with E-state index in [2.05, 4.69) is 9.97 Å². The molecule has 2 aromatic heterocycles. The van der Waals surface area contributed by atoms with Gasteiger partial charge in [-0.1, -0.05) is 34.8 Å². The lowest BCUT2D eigenvalue weighted by atomic mass is 10.0. The predicted molar refractivity (Wildman–Crippen MR) is 121 cm³/mol. The monoisotopic (exact) mass is 496 g/mol. The Bertz CT molecular complexity index is 1060. The molecule has 0 spiro atoms. The fourth-order valence-electron chi connectivity index (χ4n) is 4.90. The zero-order chi connectivity index (χ0) is 22.4. The summed E-state index contributed by atoms with van der Waals surface area (Å²) in [5.41, 5.74) is 4.21. The van der Waals surface area contributed by atoms with E-state index in [-0.39, 0.29) is 24.0 Å². The number of aromatic nitrogens is 2. The number of fused-ring (bicyclic) bond motifs is 8. The fourth-order valence-corrected chi connectivity index (χ4v) is 5.71. The van der Waals surface area contributed by atoms with Crippen molar-refractivity contribution in [2.75, 3.05) is 6.61 Å². The second kappa shape index (κ2) is 9.07. The van der Waals surface area contributed by atoms with Crippen molar-refractivity contribution in [2.45, 2.75) is 69.9 Å². The van der Waals surface area contributed by atoms with Gasteiger partial charge in [0.15, 0.2) is 0 Å². The van der Waals surface area contributed by atoms with Crippen molar-refractivity contribution in [3.05, 3.63) is 55.5 Å². The number of hydrogen-bond acceptors (Lipinski definition) is 6. The van der Waals surface area contributed by atoms with E-state index in [1.165, 1.54) is 0 Å². The molecule has 2 aromatic rings. The van der Waals surface area contributed by atoms with Gasteiger partial charge in [0.05, 0.1) is 30.2 Å². The lowest BCUT2D eigenvalue weighted by Crippen LogP contribution is -2.21. The number of ether oxygens (including phenoxy) is 3. The first-order valence-corrected chi connectivity index (χ1v) is 12.1. The first-order valence-electron chi connectivity index (χ1n) is 10.9. The minimum absolute atomic E-state index is 0.00868. The number of carbonyl (C=O) groups excluding carboxylic acids is 1. The van der Waals surface area contributed by atoms with Crippen LogP contribution in [0.4, 0.5) is 0 Å². The summed E-state index contributed by atoms with van der Waals surface area (Å²) in [4.78, 5) is 20.4. The highest BCUT2D eigenvalue weighted by Crippen LogP contribution is 2.43. The standard InChI is InChI=1S/C13H14ClNO3.C10H9Cl2NO/c1-2-17-13(16)10-6-9(14)8-5-7-3-4-11(18-7)12(8)15-10;11-7-4-9(12)13-10-6(7)3-5-1-2-8(10)14-5/h6-7,11H,2-5H2,1H3;4-5,8H,1-3H2.